The van der Waals surface area contributed by atoms with Gasteiger partial charge in [-0.2, -0.15) is 0 Å². The second-order valence-corrected chi connectivity index (χ2v) is 6.22. The topological polar surface area (TPSA) is 96.9 Å². The minimum Gasteiger partial charge on any atom is -0.484 e. The highest BCUT2D eigenvalue weighted by molar-refractivity contribution is 6.30. The molecule has 1 aromatic carbocycles. The monoisotopic (exact) mass is 377 g/mol. The van der Waals surface area contributed by atoms with Crippen molar-refractivity contribution in [3.8, 4) is 5.75 Å². The minimum atomic E-state index is -0.828. The molecule has 0 bridgehead atoms. The first-order valence-corrected chi connectivity index (χ1v) is 8.46. The predicted octanol–water partition coefficient (Wildman–Crippen LogP) is 1.31. The quantitative estimate of drug-likeness (QED) is 0.781. The molecule has 0 spiro atoms. The Labute approximate surface area is 156 Å². The first-order valence-electron chi connectivity index (χ1n) is 8.08. The summed E-state index contributed by atoms with van der Waals surface area (Å²) in [5, 5.41) is 5.61. The smallest absolute Gasteiger partial charge is 0.258 e. The van der Waals surface area contributed by atoms with Crippen molar-refractivity contribution in [2.75, 3.05) is 6.61 Å². The second-order valence-electron chi connectivity index (χ2n) is 5.78. The van der Waals surface area contributed by atoms with Crippen molar-refractivity contribution in [1.29, 1.82) is 0 Å². The van der Waals surface area contributed by atoms with Crippen LogP contribution in [-0.2, 0) is 14.4 Å². The summed E-state index contributed by atoms with van der Waals surface area (Å²) < 4.78 is 5.32. The summed E-state index contributed by atoms with van der Waals surface area (Å²) in [7, 11) is 0. The fraction of sp³-hybridized carbons (Fsp3) is 0.333. The number of ketones is 1. The largest absolute Gasteiger partial charge is 0.484 e. The highest BCUT2D eigenvalue weighted by atomic mass is 35.5. The molecular formula is C18H20ClN3O4. The summed E-state index contributed by atoms with van der Waals surface area (Å²) in [4.78, 5) is 40.3. The average molecular weight is 378 g/mol. The molecule has 0 aromatic heterocycles. The Morgan fingerprint density at radius 3 is 2.88 bits per heavy atom. The summed E-state index contributed by atoms with van der Waals surface area (Å²) in [6.07, 6.45) is 4.69. The van der Waals surface area contributed by atoms with E-state index in [1.165, 1.54) is 13.1 Å². The van der Waals surface area contributed by atoms with E-state index in [1.54, 1.807) is 43.3 Å². The third-order valence-corrected chi connectivity index (χ3v) is 3.89. The number of aliphatic imine (C=N–C) groups is 1. The molecule has 0 aliphatic carbocycles. The van der Waals surface area contributed by atoms with Crippen molar-refractivity contribution in [3.05, 3.63) is 41.4 Å². The Balaban J connectivity index is 1.82. The number of carbonyl (C=O) groups excluding carboxylic acids is 3. The van der Waals surface area contributed by atoms with E-state index in [2.05, 4.69) is 15.6 Å². The summed E-state index contributed by atoms with van der Waals surface area (Å²) in [6.45, 7) is 2.92. The molecule has 0 saturated heterocycles. The molecule has 3 atom stereocenters. The van der Waals surface area contributed by atoms with Crippen molar-refractivity contribution in [3.63, 3.8) is 0 Å². The third kappa shape index (κ3) is 5.70. The van der Waals surface area contributed by atoms with Gasteiger partial charge in [-0.05, 0) is 38.1 Å². The van der Waals surface area contributed by atoms with Crippen molar-refractivity contribution in [2.24, 2.45) is 4.99 Å². The maximum Gasteiger partial charge on any atom is 0.258 e. The Morgan fingerprint density at radius 2 is 2.15 bits per heavy atom. The number of halogens is 1. The van der Waals surface area contributed by atoms with E-state index in [-0.39, 0.29) is 12.4 Å². The number of ether oxygens (including phenoxy) is 1. The van der Waals surface area contributed by atoms with Gasteiger partial charge in [-0.25, -0.2) is 0 Å². The molecule has 2 unspecified atom stereocenters. The fourth-order valence-corrected chi connectivity index (χ4v) is 2.40. The lowest BCUT2D eigenvalue weighted by Gasteiger charge is -2.19. The zero-order valence-corrected chi connectivity index (χ0v) is 15.2. The van der Waals surface area contributed by atoms with Gasteiger partial charge in [-0.15, -0.1) is 0 Å². The van der Waals surface area contributed by atoms with E-state index in [9.17, 15) is 14.4 Å². The van der Waals surface area contributed by atoms with Gasteiger partial charge < -0.3 is 15.4 Å². The van der Waals surface area contributed by atoms with Crippen LogP contribution in [0.4, 0.5) is 0 Å². The summed E-state index contributed by atoms with van der Waals surface area (Å²) in [5.74, 6) is -0.704. The first-order chi connectivity index (χ1) is 12.4. The molecule has 0 radical (unpaired) electrons. The molecular weight excluding hydrogens is 358 g/mol. The number of Topliss-reactive ketones (excluding diaryl/α,β-unsaturated/α-hetero) is 1. The first kappa shape index (κ1) is 19.7. The number of benzene rings is 1. The number of nitrogens with one attached hydrogen (secondary N) is 2. The summed E-state index contributed by atoms with van der Waals surface area (Å²) >= 11 is 5.84. The second kappa shape index (κ2) is 9.15. The molecule has 0 saturated carbocycles. The molecule has 1 aliphatic rings. The van der Waals surface area contributed by atoms with Gasteiger partial charge in [0.1, 0.15) is 23.9 Å². The van der Waals surface area contributed by atoms with Gasteiger partial charge in [-0.3, -0.25) is 19.4 Å². The third-order valence-electron chi connectivity index (χ3n) is 3.65. The fourth-order valence-electron chi connectivity index (χ4n) is 2.22. The van der Waals surface area contributed by atoms with E-state index >= 15 is 0 Å². The molecule has 0 fully saturated rings. The Kier molecular flexibility index (Phi) is 6.91. The minimum absolute atomic E-state index is 0.217. The van der Waals surface area contributed by atoms with E-state index in [0.717, 1.165) is 0 Å². The SMILES string of the molecule is CC1N=CC=CC(NC(=O)[C@H](C)NC(=O)COc2cccc(Cl)c2)C1=O. The molecule has 1 aliphatic heterocycles. The lowest BCUT2D eigenvalue weighted by Crippen LogP contribution is -2.51. The van der Waals surface area contributed by atoms with Gasteiger partial charge in [0.25, 0.3) is 5.91 Å². The number of carbonyl (C=O) groups is 3. The van der Waals surface area contributed by atoms with Crippen LogP contribution in [0.2, 0.25) is 5.02 Å². The van der Waals surface area contributed by atoms with Crippen LogP contribution in [0.5, 0.6) is 5.75 Å². The molecule has 1 aromatic rings. The molecule has 1 heterocycles. The standard InChI is InChI=1S/C18H20ClN3O4/c1-11-17(24)15(7-4-8-20-11)22-18(25)12(2)21-16(23)10-26-14-6-3-5-13(19)9-14/h3-9,11-12,15H,10H2,1-2H3,(H,21,23)(H,22,25)/t11?,12-,15?/m0/s1. The van der Waals surface area contributed by atoms with Crippen LogP contribution in [-0.4, -0.2) is 48.5 Å². The Bertz CT molecular complexity index is 748. The van der Waals surface area contributed by atoms with Gasteiger partial charge in [-0.1, -0.05) is 23.7 Å². The maximum atomic E-state index is 12.2. The van der Waals surface area contributed by atoms with Gasteiger partial charge in [0.15, 0.2) is 12.4 Å². The van der Waals surface area contributed by atoms with Crippen LogP contribution in [0.15, 0.2) is 41.4 Å². The maximum absolute atomic E-state index is 12.2. The van der Waals surface area contributed by atoms with Gasteiger partial charge in [0.2, 0.25) is 5.91 Å². The highest BCUT2D eigenvalue weighted by Gasteiger charge is 2.26. The molecule has 2 amide bonds. The predicted molar refractivity (Wildman–Crippen MR) is 98.6 cm³/mol. The molecule has 2 N–H and O–H groups in total. The van der Waals surface area contributed by atoms with Crippen LogP contribution >= 0.6 is 11.6 Å². The molecule has 26 heavy (non-hydrogen) atoms. The molecule has 8 heteroatoms. The number of allylic oxidation sites excluding steroid dienone is 1. The van der Waals surface area contributed by atoms with Crippen LogP contribution in [0, 0.1) is 0 Å². The lowest BCUT2D eigenvalue weighted by atomic mass is 10.1. The van der Waals surface area contributed by atoms with Crippen molar-refractivity contribution in [2.45, 2.75) is 32.0 Å². The van der Waals surface area contributed by atoms with Crippen LogP contribution in [0.1, 0.15) is 13.8 Å². The molecule has 138 valence electrons. The van der Waals surface area contributed by atoms with Gasteiger partial charge in [0, 0.05) is 11.2 Å². The number of hydrogen-bond acceptors (Lipinski definition) is 5. The normalized spacial score (nSPS) is 20.2. The molecule has 7 nitrogen and oxygen atoms in total. The van der Waals surface area contributed by atoms with E-state index in [4.69, 9.17) is 16.3 Å². The lowest BCUT2D eigenvalue weighted by molar-refractivity contribution is -0.131. The van der Waals surface area contributed by atoms with E-state index in [0.29, 0.717) is 10.8 Å². The number of nitrogens with zero attached hydrogens (tertiary/aromatic N) is 1. The Hall–Kier alpha value is -2.67. The zero-order chi connectivity index (χ0) is 19.1. The number of rotatable bonds is 6. The van der Waals surface area contributed by atoms with E-state index in [1.807, 2.05) is 0 Å². The van der Waals surface area contributed by atoms with Gasteiger partial charge in [0.05, 0.1) is 0 Å². The summed E-state index contributed by atoms with van der Waals surface area (Å²) in [5.41, 5.74) is 0. The molecule has 2 rings (SSSR count). The van der Waals surface area contributed by atoms with Crippen LogP contribution in [0.25, 0.3) is 0 Å². The van der Waals surface area contributed by atoms with Crippen molar-refractivity contribution < 1.29 is 19.1 Å². The number of amides is 2. The Morgan fingerprint density at radius 1 is 1.38 bits per heavy atom. The highest BCUT2D eigenvalue weighted by Crippen LogP contribution is 2.16. The van der Waals surface area contributed by atoms with Crippen molar-refractivity contribution in [1.82, 2.24) is 10.6 Å². The van der Waals surface area contributed by atoms with Crippen molar-refractivity contribution >= 4 is 35.4 Å². The van der Waals surface area contributed by atoms with Crippen LogP contribution < -0.4 is 15.4 Å². The summed E-state index contributed by atoms with van der Waals surface area (Å²) in [6, 6.07) is 4.50. The zero-order valence-electron chi connectivity index (χ0n) is 14.4. The average Bonchev–Trinajstić information content (AvgIpc) is 2.75. The number of hydrogen-bond donors (Lipinski definition) is 2. The van der Waals surface area contributed by atoms with E-state index < -0.39 is 29.9 Å². The van der Waals surface area contributed by atoms with Crippen LogP contribution in [0.3, 0.4) is 0 Å². The van der Waals surface area contributed by atoms with Gasteiger partial charge >= 0.3 is 0 Å².